The van der Waals surface area contributed by atoms with Crippen LogP contribution in [0.5, 0.6) is 11.5 Å². The van der Waals surface area contributed by atoms with Gasteiger partial charge in [0.05, 0.1) is 26.7 Å². The average molecular weight is 313 g/mol. The van der Waals surface area contributed by atoms with E-state index in [1.54, 1.807) is 24.3 Å². The highest BCUT2D eigenvalue weighted by Gasteiger charge is 2.09. The molecular formula is C14H8Cl3NO. The lowest BCUT2D eigenvalue weighted by atomic mass is 10.1. The van der Waals surface area contributed by atoms with Crippen LogP contribution in [0.4, 0.5) is 0 Å². The molecule has 96 valence electrons. The minimum Gasteiger partial charge on any atom is -0.456 e. The third kappa shape index (κ3) is 3.13. The highest BCUT2D eigenvalue weighted by atomic mass is 35.5. The number of nitriles is 1. The zero-order chi connectivity index (χ0) is 14.0. The van der Waals surface area contributed by atoms with Gasteiger partial charge in [0.2, 0.25) is 0 Å². The predicted molar refractivity (Wildman–Crippen MR) is 77.4 cm³/mol. The van der Waals surface area contributed by atoms with Crippen molar-refractivity contribution in [3.8, 4) is 17.6 Å². The zero-order valence-electron chi connectivity index (χ0n) is 9.88. The molecule has 0 aliphatic rings. The van der Waals surface area contributed by atoms with Crippen molar-refractivity contribution in [1.82, 2.24) is 0 Å². The largest absolute Gasteiger partial charge is 0.456 e. The van der Waals surface area contributed by atoms with E-state index in [1.165, 1.54) is 6.07 Å². The van der Waals surface area contributed by atoms with Crippen LogP contribution in [-0.4, -0.2) is 0 Å². The van der Waals surface area contributed by atoms with Crippen LogP contribution < -0.4 is 4.74 Å². The lowest BCUT2D eigenvalue weighted by molar-refractivity contribution is 0.482. The van der Waals surface area contributed by atoms with Gasteiger partial charge in [-0.2, -0.15) is 5.26 Å². The molecule has 0 heterocycles. The molecule has 2 aromatic carbocycles. The van der Waals surface area contributed by atoms with Gasteiger partial charge in [0.15, 0.2) is 0 Å². The Morgan fingerprint density at radius 1 is 1.00 bits per heavy atom. The summed E-state index contributed by atoms with van der Waals surface area (Å²) in [5, 5.41) is 9.98. The second kappa shape index (κ2) is 5.71. The first-order valence-corrected chi connectivity index (χ1v) is 6.48. The lowest BCUT2D eigenvalue weighted by Gasteiger charge is -2.10. The Morgan fingerprint density at radius 3 is 2.32 bits per heavy atom. The van der Waals surface area contributed by atoms with Crippen molar-refractivity contribution in [1.29, 1.82) is 5.26 Å². The Balaban J connectivity index is 2.34. The van der Waals surface area contributed by atoms with Crippen LogP contribution in [0.1, 0.15) is 11.1 Å². The van der Waals surface area contributed by atoms with Crippen LogP contribution in [0.2, 0.25) is 15.1 Å². The van der Waals surface area contributed by atoms with Crippen LogP contribution in [0.15, 0.2) is 30.3 Å². The summed E-state index contributed by atoms with van der Waals surface area (Å²) in [5.74, 6) is 0.997. The summed E-state index contributed by atoms with van der Waals surface area (Å²) in [7, 11) is 0. The fraction of sp³-hybridized carbons (Fsp3) is 0.0714. The van der Waals surface area contributed by atoms with E-state index in [9.17, 15) is 0 Å². The fourth-order valence-electron chi connectivity index (χ4n) is 1.53. The number of aryl methyl sites for hydroxylation is 1. The first-order chi connectivity index (χ1) is 9.01. The maximum absolute atomic E-state index is 8.87. The minimum absolute atomic E-state index is 0.367. The molecule has 0 aliphatic heterocycles. The Morgan fingerprint density at radius 2 is 1.68 bits per heavy atom. The summed E-state index contributed by atoms with van der Waals surface area (Å²) in [5.41, 5.74) is 1.43. The topological polar surface area (TPSA) is 33.0 Å². The predicted octanol–water partition coefficient (Wildman–Crippen LogP) is 5.62. The van der Waals surface area contributed by atoms with Crippen LogP contribution in [0.25, 0.3) is 0 Å². The molecule has 0 unspecified atom stereocenters. The smallest absolute Gasteiger partial charge is 0.147 e. The number of rotatable bonds is 2. The first kappa shape index (κ1) is 14.0. The summed E-state index contributed by atoms with van der Waals surface area (Å²) in [6.07, 6.45) is 0. The molecule has 0 aliphatic carbocycles. The van der Waals surface area contributed by atoms with Gasteiger partial charge >= 0.3 is 0 Å². The molecule has 0 atom stereocenters. The highest BCUT2D eigenvalue weighted by molar-refractivity contribution is 6.43. The quantitative estimate of drug-likeness (QED) is 0.674. The Hall–Kier alpha value is -1.40. The molecule has 5 heteroatoms. The average Bonchev–Trinajstić information content (AvgIpc) is 2.36. The second-order valence-electron chi connectivity index (χ2n) is 3.89. The van der Waals surface area contributed by atoms with Crippen molar-refractivity contribution < 1.29 is 4.74 Å². The third-order valence-electron chi connectivity index (χ3n) is 2.52. The van der Waals surface area contributed by atoms with E-state index < -0.39 is 0 Å². The number of benzene rings is 2. The second-order valence-corrected chi connectivity index (χ2v) is 5.11. The molecule has 0 saturated heterocycles. The fourth-order valence-corrected chi connectivity index (χ4v) is 2.11. The maximum Gasteiger partial charge on any atom is 0.147 e. The molecule has 2 rings (SSSR count). The maximum atomic E-state index is 8.87. The van der Waals surface area contributed by atoms with E-state index in [4.69, 9.17) is 44.8 Å². The molecule has 0 fully saturated rings. The zero-order valence-corrected chi connectivity index (χ0v) is 12.1. The molecule has 0 saturated carbocycles. The minimum atomic E-state index is 0.367. The number of nitrogens with zero attached hydrogens (tertiary/aromatic N) is 1. The number of ether oxygens (including phenoxy) is 1. The molecule has 0 aromatic heterocycles. The molecule has 0 amide bonds. The Bertz CT molecular complexity index is 677. The summed E-state index contributed by atoms with van der Waals surface area (Å²) >= 11 is 17.8. The number of hydrogen-bond acceptors (Lipinski definition) is 2. The van der Waals surface area contributed by atoms with Gasteiger partial charge < -0.3 is 4.74 Å². The van der Waals surface area contributed by atoms with E-state index >= 15 is 0 Å². The molecule has 2 aromatic rings. The molecular weight excluding hydrogens is 305 g/mol. The summed E-state index contributed by atoms with van der Waals surface area (Å²) in [4.78, 5) is 0. The van der Waals surface area contributed by atoms with Crippen molar-refractivity contribution in [2.75, 3.05) is 0 Å². The van der Waals surface area contributed by atoms with E-state index in [0.29, 0.717) is 32.1 Å². The molecule has 0 N–H and O–H groups in total. The van der Waals surface area contributed by atoms with Gasteiger partial charge in [0.25, 0.3) is 0 Å². The molecule has 0 bridgehead atoms. The normalized spacial score (nSPS) is 10.1. The van der Waals surface area contributed by atoms with Gasteiger partial charge in [0.1, 0.15) is 11.5 Å². The van der Waals surface area contributed by atoms with Crippen LogP contribution >= 0.6 is 34.8 Å². The van der Waals surface area contributed by atoms with Crippen LogP contribution in [-0.2, 0) is 0 Å². The van der Waals surface area contributed by atoms with Crippen molar-refractivity contribution in [3.05, 3.63) is 56.5 Å². The van der Waals surface area contributed by atoms with Gasteiger partial charge in [-0.1, -0.05) is 34.8 Å². The van der Waals surface area contributed by atoms with Gasteiger partial charge in [-0.25, -0.2) is 0 Å². The summed E-state index contributed by atoms with van der Waals surface area (Å²) in [6.45, 7) is 1.84. The van der Waals surface area contributed by atoms with Gasteiger partial charge in [-0.3, -0.25) is 0 Å². The van der Waals surface area contributed by atoms with Crippen molar-refractivity contribution in [3.63, 3.8) is 0 Å². The van der Waals surface area contributed by atoms with Crippen LogP contribution in [0, 0.1) is 18.3 Å². The standard InChI is InChI=1S/C14H8Cl3NO/c1-8-4-10(3-2-9(8)7-18)19-14-6-12(16)11(15)5-13(14)17/h2-6H,1H3. The summed E-state index contributed by atoms with van der Waals surface area (Å²) in [6, 6.07) is 10.3. The number of halogens is 3. The van der Waals surface area contributed by atoms with Gasteiger partial charge in [0, 0.05) is 6.07 Å². The molecule has 2 nitrogen and oxygen atoms in total. The highest BCUT2D eigenvalue weighted by Crippen LogP contribution is 2.36. The van der Waals surface area contributed by atoms with E-state index in [1.807, 2.05) is 6.92 Å². The van der Waals surface area contributed by atoms with Gasteiger partial charge in [-0.05, 0) is 36.8 Å². The Kier molecular flexibility index (Phi) is 4.21. The van der Waals surface area contributed by atoms with Crippen molar-refractivity contribution >= 4 is 34.8 Å². The van der Waals surface area contributed by atoms with Crippen LogP contribution in [0.3, 0.4) is 0 Å². The SMILES string of the molecule is Cc1cc(Oc2cc(Cl)c(Cl)cc2Cl)ccc1C#N. The van der Waals surface area contributed by atoms with Gasteiger partial charge in [-0.15, -0.1) is 0 Å². The molecule has 0 radical (unpaired) electrons. The lowest BCUT2D eigenvalue weighted by Crippen LogP contribution is -1.88. The van der Waals surface area contributed by atoms with E-state index in [0.717, 1.165) is 5.56 Å². The molecule has 0 spiro atoms. The van der Waals surface area contributed by atoms with Crippen molar-refractivity contribution in [2.45, 2.75) is 6.92 Å². The van der Waals surface area contributed by atoms with E-state index in [2.05, 4.69) is 6.07 Å². The van der Waals surface area contributed by atoms with Crippen molar-refractivity contribution in [2.24, 2.45) is 0 Å². The summed E-state index contributed by atoms with van der Waals surface area (Å²) < 4.78 is 5.64. The Labute approximate surface area is 126 Å². The first-order valence-electron chi connectivity index (χ1n) is 5.34. The monoisotopic (exact) mass is 311 g/mol. The molecule has 19 heavy (non-hydrogen) atoms. The third-order valence-corrected chi connectivity index (χ3v) is 3.54. The van der Waals surface area contributed by atoms with E-state index in [-0.39, 0.29) is 0 Å². The number of hydrogen-bond donors (Lipinski definition) is 0.